The fourth-order valence-electron chi connectivity index (χ4n) is 5.18. The van der Waals surface area contributed by atoms with Crippen molar-refractivity contribution in [2.45, 2.75) is 79.4 Å². The Morgan fingerprint density at radius 2 is 1.69 bits per heavy atom. The standard InChI is InChI=1S/C32H48O4/c1-22(32(4,5)6)25-14-16-28(17-15-25)35-18-19-36-31-29(23(2)33-7)20-27(21-30(31)24(3)34-8)26-12-10-9-11-13-26/h9-12,14,16,20,22-24,26,30H,13,15,17-19,21H2,1-8H3. The number of ether oxygens (including phenoxy) is 4. The van der Waals surface area contributed by atoms with E-state index in [0.717, 1.165) is 42.8 Å². The lowest BCUT2D eigenvalue weighted by molar-refractivity contribution is 0.0312. The quantitative estimate of drug-likeness (QED) is 0.275. The van der Waals surface area contributed by atoms with Crippen LogP contribution in [-0.4, -0.2) is 39.6 Å². The van der Waals surface area contributed by atoms with Gasteiger partial charge in [0, 0.05) is 38.0 Å². The predicted octanol–water partition coefficient (Wildman–Crippen LogP) is 7.71. The van der Waals surface area contributed by atoms with Crippen LogP contribution >= 0.6 is 0 Å². The highest BCUT2D eigenvalue weighted by atomic mass is 16.5. The van der Waals surface area contributed by atoms with Crippen LogP contribution in [0.25, 0.3) is 0 Å². The minimum Gasteiger partial charge on any atom is -0.494 e. The topological polar surface area (TPSA) is 36.9 Å². The first kappa shape index (κ1) is 28.5. The molecule has 0 bridgehead atoms. The fraction of sp³-hybridized carbons (Fsp3) is 0.625. The molecule has 0 N–H and O–H groups in total. The molecule has 5 unspecified atom stereocenters. The molecule has 5 atom stereocenters. The van der Waals surface area contributed by atoms with Gasteiger partial charge in [0.15, 0.2) is 0 Å². The molecule has 0 saturated carbocycles. The van der Waals surface area contributed by atoms with Crippen molar-refractivity contribution in [3.8, 4) is 0 Å². The third-order valence-corrected chi connectivity index (χ3v) is 8.23. The van der Waals surface area contributed by atoms with Crippen LogP contribution in [-0.2, 0) is 18.9 Å². The Morgan fingerprint density at radius 3 is 2.28 bits per heavy atom. The molecule has 3 aliphatic carbocycles. The van der Waals surface area contributed by atoms with Gasteiger partial charge in [-0.3, -0.25) is 0 Å². The van der Waals surface area contributed by atoms with Crippen molar-refractivity contribution in [1.29, 1.82) is 0 Å². The molecular weight excluding hydrogens is 448 g/mol. The summed E-state index contributed by atoms with van der Waals surface area (Å²) in [6.07, 6.45) is 19.5. The van der Waals surface area contributed by atoms with E-state index in [1.165, 1.54) is 11.1 Å². The van der Waals surface area contributed by atoms with Crippen LogP contribution in [0.15, 0.2) is 70.8 Å². The number of rotatable bonds is 11. The van der Waals surface area contributed by atoms with Gasteiger partial charge in [0.1, 0.15) is 19.0 Å². The Balaban J connectivity index is 1.70. The van der Waals surface area contributed by atoms with Crippen molar-refractivity contribution in [3.05, 3.63) is 70.8 Å². The summed E-state index contributed by atoms with van der Waals surface area (Å²) in [5.74, 6) is 3.17. The van der Waals surface area contributed by atoms with Crippen LogP contribution in [0.5, 0.6) is 0 Å². The zero-order valence-electron chi connectivity index (χ0n) is 23.8. The molecule has 3 aliphatic rings. The average Bonchev–Trinajstić information content (AvgIpc) is 2.89. The van der Waals surface area contributed by atoms with Gasteiger partial charge in [0.05, 0.1) is 18.0 Å². The van der Waals surface area contributed by atoms with E-state index in [9.17, 15) is 0 Å². The smallest absolute Gasteiger partial charge is 0.122 e. The monoisotopic (exact) mass is 496 g/mol. The highest BCUT2D eigenvalue weighted by Gasteiger charge is 2.34. The molecule has 4 heteroatoms. The lowest BCUT2D eigenvalue weighted by atomic mass is 9.75. The van der Waals surface area contributed by atoms with Crippen LogP contribution in [0, 0.1) is 23.2 Å². The van der Waals surface area contributed by atoms with Gasteiger partial charge in [-0.1, -0.05) is 75.3 Å². The Bertz CT molecular complexity index is 924. The maximum Gasteiger partial charge on any atom is 0.122 e. The van der Waals surface area contributed by atoms with Crippen molar-refractivity contribution < 1.29 is 18.9 Å². The van der Waals surface area contributed by atoms with Crippen LogP contribution < -0.4 is 0 Å². The third kappa shape index (κ3) is 7.26. The van der Waals surface area contributed by atoms with Crippen LogP contribution in [0.1, 0.15) is 67.2 Å². The number of allylic oxidation sites excluding steroid dienone is 9. The second-order valence-electron chi connectivity index (χ2n) is 11.5. The largest absolute Gasteiger partial charge is 0.494 e. The van der Waals surface area contributed by atoms with Crippen molar-refractivity contribution in [1.82, 2.24) is 0 Å². The second-order valence-corrected chi connectivity index (χ2v) is 11.5. The molecule has 0 aromatic rings. The molecule has 200 valence electrons. The first-order valence-corrected chi connectivity index (χ1v) is 13.6. The first-order chi connectivity index (χ1) is 17.2. The lowest BCUT2D eigenvalue weighted by Gasteiger charge is -2.35. The minimum atomic E-state index is -0.0553. The summed E-state index contributed by atoms with van der Waals surface area (Å²) >= 11 is 0. The maximum absolute atomic E-state index is 6.46. The highest BCUT2D eigenvalue weighted by Crippen LogP contribution is 2.40. The molecular formula is C32H48O4. The van der Waals surface area contributed by atoms with E-state index in [2.05, 4.69) is 84.1 Å². The van der Waals surface area contributed by atoms with Gasteiger partial charge in [-0.05, 0) is 50.5 Å². The van der Waals surface area contributed by atoms with Gasteiger partial charge < -0.3 is 18.9 Å². The first-order valence-electron chi connectivity index (χ1n) is 13.6. The van der Waals surface area contributed by atoms with Crippen molar-refractivity contribution in [3.63, 3.8) is 0 Å². The van der Waals surface area contributed by atoms with Gasteiger partial charge in [-0.25, -0.2) is 0 Å². The Labute approximate surface area is 219 Å². The van der Waals surface area contributed by atoms with Crippen LogP contribution in [0.4, 0.5) is 0 Å². The van der Waals surface area contributed by atoms with Crippen molar-refractivity contribution in [2.75, 3.05) is 27.4 Å². The minimum absolute atomic E-state index is 0.0428. The van der Waals surface area contributed by atoms with E-state index < -0.39 is 0 Å². The SMILES string of the molecule is COC(C)C1=C(OCCOC2=CC=C(C(C)C(C)(C)C)CC2)C(C(C)OC)CC(C2C=CC=CC2)=C1. The van der Waals surface area contributed by atoms with Gasteiger partial charge in [-0.15, -0.1) is 0 Å². The summed E-state index contributed by atoms with van der Waals surface area (Å²) in [5, 5.41) is 0. The lowest BCUT2D eigenvalue weighted by Crippen LogP contribution is -2.30. The van der Waals surface area contributed by atoms with Gasteiger partial charge in [0.2, 0.25) is 0 Å². The highest BCUT2D eigenvalue weighted by molar-refractivity contribution is 5.39. The number of hydrogen-bond acceptors (Lipinski definition) is 4. The summed E-state index contributed by atoms with van der Waals surface area (Å²) in [6.45, 7) is 14.5. The van der Waals surface area contributed by atoms with Crippen LogP contribution in [0.2, 0.25) is 0 Å². The molecule has 4 nitrogen and oxygen atoms in total. The molecule has 0 amide bonds. The molecule has 0 aromatic heterocycles. The maximum atomic E-state index is 6.46. The third-order valence-electron chi connectivity index (χ3n) is 8.23. The zero-order valence-corrected chi connectivity index (χ0v) is 23.8. The van der Waals surface area contributed by atoms with E-state index in [-0.39, 0.29) is 23.5 Å². The molecule has 0 radical (unpaired) electrons. The number of hydrogen-bond donors (Lipinski definition) is 0. The second kappa shape index (κ2) is 13.0. The molecule has 0 fully saturated rings. The fourth-order valence-corrected chi connectivity index (χ4v) is 5.18. The normalized spacial score (nSPS) is 25.1. The summed E-state index contributed by atoms with van der Waals surface area (Å²) in [7, 11) is 3.54. The van der Waals surface area contributed by atoms with Crippen molar-refractivity contribution >= 4 is 0 Å². The van der Waals surface area contributed by atoms with Crippen molar-refractivity contribution in [2.24, 2.45) is 23.2 Å². The Morgan fingerprint density at radius 1 is 0.944 bits per heavy atom. The van der Waals surface area contributed by atoms with E-state index in [0.29, 0.717) is 25.0 Å². The Kier molecular flexibility index (Phi) is 10.3. The summed E-state index contributed by atoms with van der Waals surface area (Å²) in [4.78, 5) is 0. The molecule has 3 rings (SSSR count). The van der Waals surface area contributed by atoms with E-state index in [1.54, 1.807) is 14.2 Å². The van der Waals surface area contributed by atoms with E-state index in [4.69, 9.17) is 18.9 Å². The predicted molar refractivity (Wildman–Crippen MR) is 148 cm³/mol. The molecule has 0 aliphatic heterocycles. The van der Waals surface area contributed by atoms with Gasteiger partial charge in [-0.2, -0.15) is 0 Å². The molecule has 0 saturated heterocycles. The summed E-state index contributed by atoms with van der Waals surface area (Å²) in [5.41, 5.74) is 4.34. The van der Waals surface area contributed by atoms with E-state index >= 15 is 0 Å². The molecule has 0 aromatic carbocycles. The van der Waals surface area contributed by atoms with Gasteiger partial charge in [0.25, 0.3) is 0 Å². The summed E-state index contributed by atoms with van der Waals surface area (Å²) < 4.78 is 24.2. The molecule has 0 heterocycles. The van der Waals surface area contributed by atoms with E-state index in [1.807, 2.05) is 0 Å². The Hall–Kier alpha value is -2.04. The zero-order chi connectivity index (χ0) is 26.3. The van der Waals surface area contributed by atoms with Crippen LogP contribution in [0.3, 0.4) is 0 Å². The van der Waals surface area contributed by atoms with Gasteiger partial charge >= 0.3 is 0 Å². The number of methoxy groups -OCH3 is 2. The molecule has 36 heavy (non-hydrogen) atoms. The summed E-state index contributed by atoms with van der Waals surface area (Å²) in [6, 6.07) is 0. The molecule has 0 spiro atoms. The average molecular weight is 497 g/mol.